The van der Waals surface area contributed by atoms with Gasteiger partial charge < -0.3 is 15.7 Å². The minimum Gasteiger partial charge on any atom is -0.396 e. The third kappa shape index (κ3) is 3.78. The first-order chi connectivity index (χ1) is 9.00. The van der Waals surface area contributed by atoms with Crippen molar-refractivity contribution >= 4 is 11.6 Å². The number of rotatable bonds is 6. The second-order valence-electron chi connectivity index (χ2n) is 5.75. The molecule has 1 aliphatic rings. The third-order valence-corrected chi connectivity index (χ3v) is 3.55. The van der Waals surface area contributed by atoms with Crippen molar-refractivity contribution in [3.05, 3.63) is 29.3 Å². The van der Waals surface area contributed by atoms with Crippen molar-refractivity contribution < 1.29 is 9.90 Å². The van der Waals surface area contributed by atoms with Gasteiger partial charge in [-0.3, -0.25) is 4.79 Å². The molecule has 0 atom stereocenters. The molecule has 19 heavy (non-hydrogen) atoms. The van der Waals surface area contributed by atoms with Crippen molar-refractivity contribution in [1.82, 2.24) is 5.32 Å². The maximum Gasteiger partial charge on any atom is 0.228 e. The first kappa shape index (κ1) is 14.0. The molecule has 0 aromatic heterocycles. The summed E-state index contributed by atoms with van der Waals surface area (Å²) in [6.07, 6.45) is 2.17. The van der Waals surface area contributed by atoms with Gasteiger partial charge in [-0.2, -0.15) is 0 Å². The van der Waals surface area contributed by atoms with Crippen LogP contribution in [0.2, 0.25) is 0 Å². The Hall–Kier alpha value is -1.39. The number of aliphatic hydroxyl groups excluding tert-OH is 1. The summed E-state index contributed by atoms with van der Waals surface area (Å²) in [4.78, 5) is 11.3. The number of amides is 1. The summed E-state index contributed by atoms with van der Waals surface area (Å²) in [5.41, 5.74) is 3.24. The summed E-state index contributed by atoms with van der Waals surface area (Å²) >= 11 is 0. The lowest BCUT2D eigenvalue weighted by Crippen LogP contribution is -2.41. The van der Waals surface area contributed by atoms with Crippen molar-refractivity contribution in [3.8, 4) is 0 Å². The van der Waals surface area contributed by atoms with Crippen LogP contribution in [0.1, 0.15) is 31.4 Å². The largest absolute Gasteiger partial charge is 0.396 e. The zero-order chi connectivity index (χ0) is 13.9. The highest BCUT2D eigenvalue weighted by Crippen LogP contribution is 2.23. The Bertz CT molecular complexity index is 469. The van der Waals surface area contributed by atoms with Gasteiger partial charge in [-0.15, -0.1) is 0 Å². The number of carbonyl (C=O) groups excluding carboxylic acids is 1. The van der Waals surface area contributed by atoms with Crippen LogP contribution in [0.25, 0.3) is 0 Å². The van der Waals surface area contributed by atoms with E-state index in [2.05, 4.69) is 36.6 Å². The Morgan fingerprint density at radius 3 is 2.95 bits per heavy atom. The molecule has 2 rings (SSSR count). The van der Waals surface area contributed by atoms with Gasteiger partial charge in [0.2, 0.25) is 5.91 Å². The Labute approximate surface area is 114 Å². The normalized spacial score (nSPS) is 14.4. The lowest BCUT2D eigenvalue weighted by atomic mass is 10.0. The zero-order valence-electron chi connectivity index (χ0n) is 11.6. The van der Waals surface area contributed by atoms with Gasteiger partial charge in [0.05, 0.1) is 6.42 Å². The standard InChI is InChI=1S/C15H22N2O2/c1-15(2,6-8-18)16-7-5-11-3-4-13-12(9-11)10-14(19)17-13/h3-4,9,16,18H,5-8,10H2,1-2H3,(H,17,19). The van der Waals surface area contributed by atoms with Gasteiger partial charge in [-0.25, -0.2) is 0 Å². The molecular formula is C15H22N2O2. The van der Waals surface area contributed by atoms with Gasteiger partial charge in [0.1, 0.15) is 0 Å². The molecule has 1 aromatic rings. The molecule has 0 bridgehead atoms. The fourth-order valence-corrected chi connectivity index (χ4v) is 2.35. The minimum atomic E-state index is -0.0387. The molecule has 4 heteroatoms. The van der Waals surface area contributed by atoms with Crippen LogP contribution in [0.4, 0.5) is 5.69 Å². The van der Waals surface area contributed by atoms with E-state index in [0.717, 1.165) is 30.6 Å². The minimum absolute atomic E-state index is 0.0387. The Morgan fingerprint density at radius 2 is 2.21 bits per heavy atom. The number of aliphatic hydroxyl groups is 1. The van der Waals surface area contributed by atoms with Crippen LogP contribution in [-0.4, -0.2) is 29.7 Å². The van der Waals surface area contributed by atoms with Gasteiger partial charge in [-0.05, 0) is 50.4 Å². The van der Waals surface area contributed by atoms with Gasteiger partial charge in [0, 0.05) is 17.8 Å². The molecule has 1 aliphatic heterocycles. The average Bonchev–Trinajstić information content (AvgIpc) is 2.68. The molecule has 3 N–H and O–H groups in total. The van der Waals surface area contributed by atoms with Gasteiger partial charge >= 0.3 is 0 Å². The smallest absolute Gasteiger partial charge is 0.228 e. The van der Waals surface area contributed by atoms with E-state index in [9.17, 15) is 4.79 Å². The van der Waals surface area contributed by atoms with Crippen molar-refractivity contribution in [2.24, 2.45) is 0 Å². The van der Waals surface area contributed by atoms with Crippen LogP contribution in [0.15, 0.2) is 18.2 Å². The SMILES string of the molecule is CC(C)(CCO)NCCc1ccc2c(c1)CC(=O)N2. The van der Waals surface area contributed by atoms with E-state index in [0.29, 0.717) is 6.42 Å². The molecule has 0 spiro atoms. The quantitative estimate of drug-likeness (QED) is 0.727. The summed E-state index contributed by atoms with van der Waals surface area (Å²) in [5, 5.41) is 15.3. The second kappa shape index (κ2) is 5.72. The first-order valence-electron chi connectivity index (χ1n) is 6.78. The van der Waals surface area contributed by atoms with E-state index < -0.39 is 0 Å². The second-order valence-corrected chi connectivity index (χ2v) is 5.75. The van der Waals surface area contributed by atoms with Crippen molar-refractivity contribution in [3.63, 3.8) is 0 Å². The van der Waals surface area contributed by atoms with Crippen LogP contribution in [0.5, 0.6) is 0 Å². The lowest BCUT2D eigenvalue weighted by Gasteiger charge is -2.25. The van der Waals surface area contributed by atoms with Crippen LogP contribution >= 0.6 is 0 Å². The van der Waals surface area contributed by atoms with Crippen molar-refractivity contribution in [1.29, 1.82) is 0 Å². The molecule has 0 aliphatic carbocycles. The van der Waals surface area contributed by atoms with E-state index >= 15 is 0 Å². The third-order valence-electron chi connectivity index (χ3n) is 3.55. The predicted octanol–water partition coefficient (Wildman–Crippen LogP) is 1.47. The highest BCUT2D eigenvalue weighted by molar-refractivity contribution is 5.99. The Kier molecular flexibility index (Phi) is 4.22. The van der Waals surface area contributed by atoms with Gasteiger partial charge in [-0.1, -0.05) is 12.1 Å². The Balaban J connectivity index is 1.88. The molecule has 0 unspecified atom stereocenters. The number of fused-ring (bicyclic) bond motifs is 1. The fraction of sp³-hybridized carbons (Fsp3) is 0.533. The van der Waals surface area contributed by atoms with E-state index in [4.69, 9.17) is 5.11 Å². The number of hydrogen-bond donors (Lipinski definition) is 3. The highest BCUT2D eigenvalue weighted by Gasteiger charge is 2.18. The summed E-state index contributed by atoms with van der Waals surface area (Å²) in [7, 11) is 0. The molecule has 0 saturated heterocycles. The Morgan fingerprint density at radius 1 is 1.42 bits per heavy atom. The van der Waals surface area contributed by atoms with Crippen LogP contribution in [0.3, 0.4) is 0 Å². The van der Waals surface area contributed by atoms with Gasteiger partial charge in [0.15, 0.2) is 0 Å². The molecule has 0 saturated carbocycles. The maximum absolute atomic E-state index is 11.3. The van der Waals surface area contributed by atoms with E-state index in [1.807, 2.05) is 6.07 Å². The molecule has 4 nitrogen and oxygen atoms in total. The molecule has 0 fully saturated rings. The topological polar surface area (TPSA) is 61.4 Å². The monoisotopic (exact) mass is 262 g/mol. The number of carbonyl (C=O) groups is 1. The van der Waals surface area contributed by atoms with E-state index in [-0.39, 0.29) is 18.1 Å². The number of nitrogens with one attached hydrogen (secondary N) is 2. The number of hydrogen-bond acceptors (Lipinski definition) is 3. The maximum atomic E-state index is 11.3. The lowest BCUT2D eigenvalue weighted by molar-refractivity contribution is -0.115. The van der Waals surface area contributed by atoms with Crippen molar-refractivity contribution in [2.45, 2.75) is 38.6 Å². The van der Waals surface area contributed by atoms with Crippen LogP contribution in [0, 0.1) is 0 Å². The van der Waals surface area contributed by atoms with Crippen molar-refractivity contribution in [2.75, 3.05) is 18.5 Å². The first-order valence-corrected chi connectivity index (χ1v) is 6.78. The molecule has 1 aromatic carbocycles. The number of benzene rings is 1. The molecule has 0 radical (unpaired) electrons. The average molecular weight is 262 g/mol. The summed E-state index contributed by atoms with van der Waals surface area (Å²) in [5.74, 6) is 0.0781. The summed E-state index contributed by atoms with van der Waals surface area (Å²) in [6.45, 7) is 5.25. The predicted molar refractivity (Wildman–Crippen MR) is 76.3 cm³/mol. The number of anilines is 1. The van der Waals surface area contributed by atoms with E-state index in [1.54, 1.807) is 0 Å². The van der Waals surface area contributed by atoms with Crippen LogP contribution < -0.4 is 10.6 Å². The molecule has 1 heterocycles. The molecular weight excluding hydrogens is 240 g/mol. The summed E-state index contributed by atoms with van der Waals surface area (Å²) < 4.78 is 0. The van der Waals surface area contributed by atoms with Crippen LogP contribution in [-0.2, 0) is 17.6 Å². The molecule has 1 amide bonds. The summed E-state index contributed by atoms with van der Waals surface area (Å²) in [6, 6.07) is 6.15. The zero-order valence-corrected chi connectivity index (χ0v) is 11.6. The van der Waals surface area contributed by atoms with Gasteiger partial charge in [0.25, 0.3) is 0 Å². The fourth-order valence-electron chi connectivity index (χ4n) is 2.35. The highest BCUT2D eigenvalue weighted by atomic mass is 16.3. The molecule has 104 valence electrons. The van der Waals surface area contributed by atoms with E-state index in [1.165, 1.54) is 5.56 Å².